The number of ether oxygens (including phenoxy) is 3. The Morgan fingerprint density at radius 1 is 0.692 bits per heavy atom. The van der Waals surface area contributed by atoms with Crippen LogP contribution in [-0.4, -0.2) is 50.9 Å². The molecule has 0 unspecified atom stereocenters. The molecule has 0 bridgehead atoms. The summed E-state index contributed by atoms with van der Waals surface area (Å²) >= 11 is 0. The molecule has 0 aliphatic carbocycles. The van der Waals surface area contributed by atoms with Crippen molar-refractivity contribution in [2.75, 3.05) is 21.3 Å². The van der Waals surface area contributed by atoms with Crippen LogP contribution in [0.2, 0.25) is 0 Å². The summed E-state index contributed by atoms with van der Waals surface area (Å²) in [5, 5.41) is 0. The molecule has 0 heterocycles. The predicted molar refractivity (Wildman–Crippen MR) is 51.9 cm³/mol. The maximum Gasteiger partial charge on any atom is 0.126 e. The summed E-state index contributed by atoms with van der Waals surface area (Å²) in [6.45, 7) is 0. The summed E-state index contributed by atoms with van der Waals surface area (Å²) in [6.07, 6.45) is 0. The van der Waals surface area contributed by atoms with Gasteiger partial charge in [-0.3, -0.25) is 0 Å². The maximum atomic E-state index is 5.04. The SMILES string of the molecule is COc1cc(OC)cc(OC)c1.[Na]. The van der Waals surface area contributed by atoms with Crippen LogP contribution in [0.3, 0.4) is 0 Å². The van der Waals surface area contributed by atoms with Gasteiger partial charge in [-0.05, 0) is 0 Å². The van der Waals surface area contributed by atoms with E-state index in [1.54, 1.807) is 39.5 Å². The van der Waals surface area contributed by atoms with Crippen LogP contribution < -0.4 is 14.2 Å². The zero-order valence-corrected chi connectivity index (χ0v) is 10.5. The van der Waals surface area contributed by atoms with Gasteiger partial charge >= 0.3 is 0 Å². The van der Waals surface area contributed by atoms with E-state index in [4.69, 9.17) is 14.2 Å². The van der Waals surface area contributed by atoms with E-state index in [9.17, 15) is 0 Å². The average molecular weight is 191 g/mol. The van der Waals surface area contributed by atoms with Crippen LogP contribution in [0.25, 0.3) is 0 Å². The van der Waals surface area contributed by atoms with Gasteiger partial charge in [0, 0.05) is 47.8 Å². The molecule has 0 fully saturated rings. The number of hydrogen-bond acceptors (Lipinski definition) is 3. The Kier molecular flexibility index (Phi) is 5.95. The zero-order valence-electron chi connectivity index (χ0n) is 8.46. The molecule has 0 aliphatic rings. The van der Waals surface area contributed by atoms with Crippen LogP contribution in [0.4, 0.5) is 0 Å². The van der Waals surface area contributed by atoms with Crippen molar-refractivity contribution in [1.82, 2.24) is 0 Å². The number of rotatable bonds is 3. The Bertz CT molecular complexity index is 208. The van der Waals surface area contributed by atoms with Gasteiger partial charge < -0.3 is 14.2 Å². The fourth-order valence-corrected chi connectivity index (χ4v) is 0.899. The molecule has 0 saturated carbocycles. The first-order valence-corrected chi connectivity index (χ1v) is 3.57. The smallest absolute Gasteiger partial charge is 0.126 e. The molecule has 1 rings (SSSR count). The molecule has 0 aromatic heterocycles. The summed E-state index contributed by atoms with van der Waals surface area (Å²) in [7, 11) is 4.82. The maximum absolute atomic E-state index is 5.04. The molecule has 0 amide bonds. The molecule has 0 atom stereocenters. The first kappa shape index (κ1) is 12.6. The van der Waals surface area contributed by atoms with E-state index in [2.05, 4.69) is 0 Å². The van der Waals surface area contributed by atoms with Crippen molar-refractivity contribution in [2.24, 2.45) is 0 Å². The quantitative estimate of drug-likeness (QED) is 0.674. The molecule has 1 aromatic rings. The second-order valence-corrected chi connectivity index (χ2v) is 2.25. The van der Waals surface area contributed by atoms with Crippen LogP contribution >= 0.6 is 0 Å². The van der Waals surface area contributed by atoms with Gasteiger partial charge in [0.1, 0.15) is 17.2 Å². The normalized spacial score (nSPS) is 8.54. The Hall–Kier alpha value is -0.380. The van der Waals surface area contributed by atoms with Crippen LogP contribution in [0, 0.1) is 0 Å². The minimum atomic E-state index is 0. The van der Waals surface area contributed by atoms with Crippen molar-refractivity contribution < 1.29 is 14.2 Å². The molecule has 0 saturated heterocycles. The van der Waals surface area contributed by atoms with Gasteiger partial charge in [-0.1, -0.05) is 0 Å². The average Bonchev–Trinajstić information content (AvgIpc) is 2.16. The predicted octanol–water partition coefficient (Wildman–Crippen LogP) is 1.33. The van der Waals surface area contributed by atoms with E-state index in [1.165, 1.54) is 0 Å². The van der Waals surface area contributed by atoms with Gasteiger partial charge in [-0.2, -0.15) is 0 Å². The monoisotopic (exact) mass is 191 g/mol. The minimum Gasteiger partial charge on any atom is -0.496 e. The van der Waals surface area contributed by atoms with Crippen LogP contribution in [-0.2, 0) is 0 Å². The number of methoxy groups -OCH3 is 3. The van der Waals surface area contributed by atoms with Crippen molar-refractivity contribution in [1.29, 1.82) is 0 Å². The van der Waals surface area contributed by atoms with Crippen LogP contribution in [0.5, 0.6) is 17.2 Å². The van der Waals surface area contributed by atoms with Gasteiger partial charge in [0.25, 0.3) is 0 Å². The second kappa shape index (κ2) is 6.13. The molecule has 13 heavy (non-hydrogen) atoms. The van der Waals surface area contributed by atoms with E-state index in [-0.39, 0.29) is 29.6 Å². The molecule has 1 aromatic carbocycles. The molecular weight excluding hydrogens is 179 g/mol. The van der Waals surface area contributed by atoms with Crippen molar-refractivity contribution in [3.8, 4) is 17.2 Å². The summed E-state index contributed by atoms with van der Waals surface area (Å²) in [5.74, 6) is 2.18. The fraction of sp³-hybridized carbons (Fsp3) is 0.333. The Labute approximate surface area is 100 Å². The molecule has 0 N–H and O–H groups in total. The van der Waals surface area contributed by atoms with E-state index in [0.717, 1.165) is 17.2 Å². The van der Waals surface area contributed by atoms with Crippen LogP contribution in [0.1, 0.15) is 0 Å². The van der Waals surface area contributed by atoms with Crippen molar-refractivity contribution in [3.63, 3.8) is 0 Å². The molecular formula is C9H12NaO3. The summed E-state index contributed by atoms with van der Waals surface area (Å²) < 4.78 is 15.1. The largest absolute Gasteiger partial charge is 0.496 e. The molecule has 0 spiro atoms. The van der Waals surface area contributed by atoms with Crippen molar-refractivity contribution in [2.45, 2.75) is 0 Å². The molecule has 67 valence electrons. The first-order valence-electron chi connectivity index (χ1n) is 3.57. The fourth-order valence-electron chi connectivity index (χ4n) is 0.899. The Balaban J connectivity index is 0.00000144. The van der Waals surface area contributed by atoms with E-state index in [0.29, 0.717) is 0 Å². The van der Waals surface area contributed by atoms with E-state index < -0.39 is 0 Å². The standard InChI is InChI=1S/C9H12O3.Na/c1-10-7-4-8(11-2)6-9(5-7)12-3;/h4-6H,1-3H3;. The Morgan fingerprint density at radius 3 is 1.08 bits per heavy atom. The Morgan fingerprint density at radius 2 is 0.923 bits per heavy atom. The number of benzene rings is 1. The second-order valence-electron chi connectivity index (χ2n) is 2.25. The third-order valence-corrected chi connectivity index (χ3v) is 1.56. The summed E-state index contributed by atoms with van der Waals surface area (Å²) in [5.41, 5.74) is 0. The first-order chi connectivity index (χ1) is 5.80. The van der Waals surface area contributed by atoms with E-state index in [1.807, 2.05) is 0 Å². The third-order valence-electron chi connectivity index (χ3n) is 1.56. The molecule has 4 heteroatoms. The zero-order chi connectivity index (χ0) is 8.97. The van der Waals surface area contributed by atoms with Crippen LogP contribution in [0.15, 0.2) is 18.2 Å². The third kappa shape index (κ3) is 3.46. The summed E-state index contributed by atoms with van der Waals surface area (Å²) in [6, 6.07) is 5.38. The van der Waals surface area contributed by atoms with Gasteiger partial charge in [0.05, 0.1) is 21.3 Å². The summed E-state index contributed by atoms with van der Waals surface area (Å²) in [4.78, 5) is 0. The van der Waals surface area contributed by atoms with Crippen molar-refractivity contribution >= 4 is 29.6 Å². The van der Waals surface area contributed by atoms with Gasteiger partial charge in [0.15, 0.2) is 0 Å². The number of hydrogen-bond donors (Lipinski definition) is 0. The van der Waals surface area contributed by atoms with Gasteiger partial charge in [0.2, 0.25) is 0 Å². The molecule has 1 radical (unpaired) electrons. The van der Waals surface area contributed by atoms with Gasteiger partial charge in [-0.25, -0.2) is 0 Å². The van der Waals surface area contributed by atoms with E-state index >= 15 is 0 Å². The molecule has 3 nitrogen and oxygen atoms in total. The minimum absolute atomic E-state index is 0. The topological polar surface area (TPSA) is 27.7 Å². The van der Waals surface area contributed by atoms with Gasteiger partial charge in [-0.15, -0.1) is 0 Å². The molecule has 0 aliphatic heterocycles. The van der Waals surface area contributed by atoms with Crippen molar-refractivity contribution in [3.05, 3.63) is 18.2 Å².